The van der Waals surface area contributed by atoms with Crippen molar-refractivity contribution in [3.05, 3.63) is 11.6 Å². The molecule has 1 unspecified atom stereocenters. The van der Waals surface area contributed by atoms with Gasteiger partial charge in [0, 0.05) is 0 Å². The van der Waals surface area contributed by atoms with Gasteiger partial charge in [-0.3, -0.25) is 0 Å². The van der Waals surface area contributed by atoms with Crippen molar-refractivity contribution in [3.8, 4) is 0 Å². The summed E-state index contributed by atoms with van der Waals surface area (Å²) in [6.07, 6.45) is 7.20. The summed E-state index contributed by atoms with van der Waals surface area (Å²) in [5, 5.41) is 0.325. The second kappa shape index (κ2) is 4.15. The van der Waals surface area contributed by atoms with Gasteiger partial charge in [-0.1, -0.05) is 25.5 Å². The van der Waals surface area contributed by atoms with Gasteiger partial charge in [0.05, 0.1) is 5.38 Å². The molecule has 0 saturated heterocycles. The topological polar surface area (TPSA) is 0 Å². The molecule has 1 aliphatic rings. The fourth-order valence-electron chi connectivity index (χ4n) is 1.86. The summed E-state index contributed by atoms with van der Waals surface area (Å²) in [5.74, 6) is 0.804. The van der Waals surface area contributed by atoms with Crippen LogP contribution in [0.5, 0.6) is 0 Å². The second-order valence-electron chi connectivity index (χ2n) is 3.31. The number of hydrogen-bond donors (Lipinski definition) is 0. The maximum Gasteiger partial charge on any atom is 0.0521 e. The van der Waals surface area contributed by atoms with Gasteiger partial charge >= 0.3 is 0 Å². The largest absolute Gasteiger partial charge is 0.118 e. The standard InChI is InChI=1S/C10H17Cl/c1-3-8(4-2)9-5-6-10(11)7-9/h7-8,10H,3-6H2,1-2H3. The Morgan fingerprint density at radius 2 is 2.18 bits per heavy atom. The molecule has 0 aliphatic heterocycles. The van der Waals surface area contributed by atoms with Gasteiger partial charge in [-0.25, -0.2) is 0 Å². The van der Waals surface area contributed by atoms with Crippen molar-refractivity contribution >= 4 is 11.6 Å². The maximum absolute atomic E-state index is 5.99. The lowest BCUT2D eigenvalue weighted by atomic mass is 9.93. The van der Waals surface area contributed by atoms with Crippen LogP contribution >= 0.6 is 11.6 Å². The first-order valence-electron chi connectivity index (χ1n) is 4.62. The molecule has 0 saturated carbocycles. The molecule has 0 fully saturated rings. The first kappa shape index (κ1) is 9.12. The maximum atomic E-state index is 5.99. The van der Waals surface area contributed by atoms with E-state index < -0.39 is 0 Å². The third-order valence-corrected chi connectivity index (χ3v) is 2.96. The molecule has 0 bridgehead atoms. The number of rotatable bonds is 3. The average molecular weight is 173 g/mol. The third-order valence-electron chi connectivity index (χ3n) is 2.61. The Kier molecular flexibility index (Phi) is 3.45. The van der Waals surface area contributed by atoms with Gasteiger partial charge in [0.2, 0.25) is 0 Å². The number of halogens is 1. The van der Waals surface area contributed by atoms with Gasteiger partial charge < -0.3 is 0 Å². The summed E-state index contributed by atoms with van der Waals surface area (Å²) in [6.45, 7) is 4.52. The molecule has 11 heavy (non-hydrogen) atoms. The minimum atomic E-state index is 0.325. The molecule has 0 radical (unpaired) electrons. The van der Waals surface area contributed by atoms with E-state index in [-0.39, 0.29) is 0 Å². The van der Waals surface area contributed by atoms with Crippen molar-refractivity contribution in [2.75, 3.05) is 0 Å². The molecule has 64 valence electrons. The normalized spacial score (nSPS) is 24.4. The Morgan fingerprint density at radius 3 is 2.55 bits per heavy atom. The zero-order valence-electron chi connectivity index (χ0n) is 7.44. The van der Waals surface area contributed by atoms with E-state index in [0.29, 0.717) is 5.38 Å². The molecule has 1 rings (SSSR count). The predicted octanol–water partition coefficient (Wildman–Crippen LogP) is 3.75. The highest BCUT2D eigenvalue weighted by Crippen LogP contribution is 2.31. The van der Waals surface area contributed by atoms with Crippen LogP contribution < -0.4 is 0 Å². The molecule has 1 atom stereocenters. The summed E-state index contributed by atoms with van der Waals surface area (Å²) in [7, 11) is 0. The molecule has 0 aromatic carbocycles. The van der Waals surface area contributed by atoms with Crippen LogP contribution in [0.2, 0.25) is 0 Å². The van der Waals surface area contributed by atoms with Gasteiger partial charge in [-0.05, 0) is 31.6 Å². The van der Waals surface area contributed by atoms with Crippen LogP contribution in [0.1, 0.15) is 39.5 Å². The van der Waals surface area contributed by atoms with Gasteiger partial charge in [-0.15, -0.1) is 11.6 Å². The lowest BCUT2D eigenvalue weighted by Gasteiger charge is -2.12. The molecular formula is C10H17Cl. The average Bonchev–Trinajstić information content (AvgIpc) is 2.39. The van der Waals surface area contributed by atoms with Gasteiger partial charge in [0.1, 0.15) is 0 Å². The van der Waals surface area contributed by atoms with Crippen molar-refractivity contribution in [2.45, 2.75) is 44.9 Å². The lowest BCUT2D eigenvalue weighted by molar-refractivity contribution is 0.557. The Labute approximate surface area is 74.6 Å². The zero-order valence-corrected chi connectivity index (χ0v) is 8.19. The molecule has 1 heteroatoms. The Balaban J connectivity index is 2.52. The number of allylic oxidation sites excluding steroid dienone is 2. The van der Waals surface area contributed by atoms with Gasteiger partial charge in [-0.2, -0.15) is 0 Å². The molecule has 0 heterocycles. The predicted molar refractivity (Wildman–Crippen MR) is 51.0 cm³/mol. The van der Waals surface area contributed by atoms with Crippen molar-refractivity contribution in [1.29, 1.82) is 0 Å². The van der Waals surface area contributed by atoms with E-state index in [1.807, 2.05) is 0 Å². The lowest BCUT2D eigenvalue weighted by Crippen LogP contribution is -1.98. The Morgan fingerprint density at radius 1 is 1.55 bits per heavy atom. The smallest absolute Gasteiger partial charge is 0.0521 e. The highest BCUT2D eigenvalue weighted by Gasteiger charge is 2.18. The minimum Gasteiger partial charge on any atom is -0.118 e. The van der Waals surface area contributed by atoms with Crippen LogP contribution in [0.15, 0.2) is 11.6 Å². The molecule has 0 amide bonds. The van der Waals surface area contributed by atoms with Crippen LogP contribution in [0.4, 0.5) is 0 Å². The van der Waals surface area contributed by atoms with Crippen LogP contribution in [-0.2, 0) is 0 Å². The van der Waals surface area contributed by atoms with Gasteiger partial charge in [0.15, 0.2) is 0 Å². The van der Waals surface area contributed by atoms with E-state index in [0.717, 1.165) is 12.3 Å². The van der Waals surface area contributed by atoms with Crippen molar-refractivity contribution in [1.82, 2.24) is 0 Å². The molecular weight excluding hydrogens is 156 g/mol. The molecule has 0 aromatic heterocycles. The minimum absolute atomic E-state index is 0.325. The molecule has 0 nitrogen and oxygen atoms in total. The van der Waals surface area contributed by atoms with E-state index in [9.17, 15) is 0 Å². The van der Waals surface area contributed by atoms with E-state index in [1.54, 1.807) is 5.57 Å². The molecule has 0 N–H and O–H groups in total. The SMILES string of the molecule is CCC(CC)C1=CC(Cl)CC1. The fraction of sp³-hybridized carbons (Fsp3) is 0.800. The van der Waals surface area contributed by atoms with Crippen LogP contribution in [0, 0.1) is 5.92 Å². The summed E-state index contributed by atoms with van der Waals surface area (Å²) in [4.78, 5) is 0. The van der Waals surface area contributed by atoms with Crippen LogP contribution in [0.25, 0.3) is 0 Å². The third kappa shape index (κ3) is 2.23. The van der Waals surface area contributed by atoms with Crippen molar-refractivity contribution in [3.63, 3.8) is 0 Å². The number of hydrogen-bond acceptors (Lipinski definition) is 0. The quantitative estimate of drug-likeness (QED) is 0.449. The second-order valence-corrected chi connectivity index (χ2v) is 3.87. The van der Waals surface area contributed by atoms with E-state index >= 15 is 0 Å². The van der Waals surface area contributed by atoms with E-state index in [1.165, 1.54) is 19.3 Å². The summed E-state index contributed by atoms with van der Waals surface area (Å²) in [6, 6.07) is 0. The van der Waals surface area contributed by atoms with Crippen molar-refractivity contribution in [2.24, 2.45) is 5.92 Å². The van der Waals surface area contributed by atoms with Gasteiger partial charge in [0.25, 0.3) is 0 Å². The highest BCUT2D eigenvalue weighted by molar-refractivity contribution is 6.22. The molecule has 0 aromatic rings. The number of alkyl halides is 1. The Hall–Kier alpha value is 0.0300. The monoisotopic (exact) mass is 172 g/mol. The van der Waals surface area contributed by atoms with Crippen LogP contribution in [-0.4, -0.2) is 5.38 Å². The van der Waals surface area contributed by atoms with Crippen LogP contribution in [0.3, 0.4) is 0 Å². The first-order chi connectivity index (χ1) is 5.27. The molecule has 1 aliphatic carbocycles. The summed E-state index contributed by atoms with van der Waals surface area (Å²) >= 11 is 5.99. The molecule has 0 spiro atoms. The van der Waals surface area contributed by atoms with E-state index in [2.05, 4.69) is 19.9 Å². The summed E-state index contributed by atoms with van der Waals surface area (Å²) in [5.41, 5.74) is 1.61. The Bertz CT molecular complexity index is 145. The highest BCUT2D eigenvalue weighted by atomic mass is 35.5. The fourth-order valence-corrected chi connectivity index (χ4v) is 2.13. The van der Waals surface area contributed by atoms with E-state index in [4.69, 9.17) is 11.6 Å². The zero-order chi connectivity index (χ0) is 8.27. The van der Waals surface area contributed by atoms with Crippen molar-refractivity contribution < 1.29 is 0 Å². The summed E-state index contributed by atoms with van der Waals surface area (Å²) < 4.78 is 0. The first-order valence-corrected chi connectivity index (χ1v) is 5.06.